The second-order valence-electron chi connectivity index (χ2n) is 4.04. The van der Waals surface area contributed by atoms with Crippen molar-refractivity contribution in [2.24, 2.45) is 0 Å². The fraction of sp³-hybridized carbons (Fsp3) is 0.286. The van der Waals surface area contributed by atoms with E-state index < -0.39 is 11.9 Å². The second kappa shape index (κ2) is 7.21. The first kappa shape index (κ1) is 14.7. The summed E-state index contributed by atoms with van der Waals surface area (Å²) >= 11 is 3.13. The number of carbonyl (C=O) groups is 2. The normalized spacial score (nSPS) is 10.2. The molecule has 2 aromatic heterocycles. The molecule has 0 aliphatic carbocycles. The smallest absolute Gasteiger partial charge is 0.397 e. The van der Waals surface area contributed by atoms with Gasteiger partial charge in [0.05, 0.1) is 19.7 Å². The molecule has 106 valence electrons. The SMILES string of the molecule is CCOC(=O)C(=O)N(Cc1cccs1)Cc1cccs1. The second-order valence-corrected chi connectivity index (χ2v) is 6.10. The van der Waals surface area contributed by atoms with E-state index in [2.05, 4.69) is 0 Å². The number of rotatable bonds is 5. The fourth-order valence-corrected chi connectivity index (χ4v) is 3.14. The highest BCUT2D eigenvalue weighted by atomic mass is 32.1. The van der Waals surface area contributed by atoms with Gasteiger partial charge in [-0.2, -0.15) is 0 Å². The van der Waals surface area contributed by atoms with Gasteiger partial charge in [0.15, 0.2) is 0 Å². The van der Waals surface area contributed by atoms with Gasteiger partial charge in [-0.3, -0.25) is 4.79 Å². The summed E-state index contributed by atoms with van der Waals surface area (Å²) in [4.78, 5) is 27.4. The van der Waals surface area contributed by atoms with Crippen LogP contribution in [0.2, 0.25) is 0 Å². The molecule has 0 fully saturated rings. The predicted molar refractivity (Wildman–Crippen MR) is 79.5 cm³/mol. The molecule has 0 saturated carbocycles. The molecule has 0 spiro atoms. The van der Waals surface area contributed by atoms with Gasteiger partial charge in [0.2, 0.25) is 0 Å². The molecular weight excluding hydrogens is 294 g/mol. The van der Waals surface area contributed by atoms with Crippen molar-refractivity contribution in [3.63, 3.8) is 0 Å². The third kappa shape index (κ3) is 3.91. The van der Waals surface area contributed by atoms with Crippen LogP contribution >= 0.6 is 22.7 Å². The van der Waals surface area contributed by atoms with Crippen LogP contribution in [0.4, 0.5) is 0 Å². The summed E-state index contributed by atoms with van der Waals surface area (Å²) in [5.41, 5.74) is 0. The zero-order valence-electron chi connectivity index (χ0n) is 11.1. The van der Waals surface area contributed by atoms with Crippen LogP contribution in [0.3, 0.4) is 0 Å². The van der Waals surface area contributed by atoms with Crippen LogP contribution in [0, 0.1) is 0 Å². The van der Waals surface area contributed by atoms with Gasteiger partial charge >= 0.3 is 11.9 Å². The monoisotopic (exact) mass is 309 g/mol. The number of hydrogen-bond acceptors (Lipinski definition) is 5. The average Bonchev–Trinajstić information content (AvgIpc) is 3.10. The number of carbonyl (C=O) groups excluding carboxylic acids is 2. The molecule has 0 aromatic carbocycles. The summed E-state index contributed by atoms with van der Waals surface area (Å²) in [5, 5.41) is 3.90. The molecule has 0 bridgehead atoms. The highest BCUT2D eigenvalue weighted by molar-refractivity contribution is 7.10. The summed E-state index contributed by atoms with van der Waals surface area (Å²) in [6.07, 6.45) is 0. The maximum Gasteiger partial charge on any atom is 0.397 e. The molecule has 0 N–H and O–H groups in total. The van der Waals surface area contributed by atoms with Crippen LogP contribution in [0.25, 0.3) is 0 Å². The summed E-state index contributed by atoms with van der Waals surface area (Å²) in [5.74, 6) is -1.38. The molecule has 1 amide bonds. The van der Waals surface area contributed by atoms with E-state index in [0.29, 0.717) is 13.1 Å². The molecule has 0 atom stereocenters. The summed E-state index contributed by atoms with van der Waals surface area (Å²) in [6.45, 7) is 2.74. The summed E-state index contributed by atoms with van der Waals surface area (Å²) in [7, 11) is 0. The van der Waals surface area contributed by atoms with Crippen LogP contribution in [-0.2, 0) is 27.4 Å². The Morgan fingerprint density at radius 2 is 1.65 bits per heavy atom. The molecule has 4 nitrogen and oxygen atoms in total. The molecule has 0 aliphatic heterocycles. The lowest BCUT2D eigenvalue weighted by Gasteiger charge is -2.20. The van der Waals surface area contributed by atoms with Gasteiger partial charge in [0.1, 0.15) is 0 Å². The standard InChI is InChI=1S/C14H15NO3S2/c1-2-18-14(17)13(16)15(9-11-5-3-7-19-11)10-12-6-4-8-20-12/h3-8H,2,9-10H2,1H3. The lowest BCUT2D eigenvalue weighted by molar-refractivity contribution is -0.160. The first-order valence-electron chi connectivity index (χ1n) is 6.21. The van der Waals surface area contributed by atoms with Gasteiger partial charge in [-0.05, 0) is 29.8 Å². The maximum atomic E-state index is 12.1. The van der Waals surface area contributed by atoms with Crippen molar-refractivity contribution in [3.05, 3.63) is 44.8 Å². The van der Waals surface area contributed by atoms with E-state index in [1.807, 2.05) is 35.0 Å². The van der Waals surface area contributed by atoms with E-state index in [9.17, 15) is 9.59 Å². The molecule has 2 aromatic rings. The van der Waals surface area contributed by atoms with Crippen molar-refractivity contribution in [1.82, 2.24) is 4.90 Å². The number of ether oxygens (including phenoxy) is 1. The first-order valence-corrected chi connectivity index (χ1v) is 7.97. The Bertz CT molecular complexity index is 513. The van der Waals surface area contributed by atoms with E-state index in [0.717, 1.165) is 9.75 Å². The average molecular weight is 309 g/mol. The van der Waals surface area contributed by atoms with Gasteiger partial charge in [-0.15, -0.1) is 22.7 Å². The maximum absolute atomic E-state index is 12.1. The molecule has 2 heterocycles. The quantitative estimate of drug-likeness (QED) is 0.630. The van der Waals surface area contributed by atoms with Gasteiger partial charge in [-0.1, -0.05) is 12.1 Å². The number of nitrogens with zero attached hydrogens (tertiary/aromatic N) is 1. The van der Waals surface area contributed by atoms with E-state index >= 15 is 0 Å². The van der Waals surface area contributed by atoms with Crippen LogP contribution < -0.4 is 0 Å². The van der Waals surface area contributed by atoms with E-state index in [4.69, 9.17) is 4.74 Å². The summed E-state index contributed by atoms with van der Waals surface area (Å²) in [6, 6.07) is 7.76. The lowest BCUT2D eigenvalue weighted by atomic mass is 10.3. The van der Waals surface area contributed by atoms with Gasteiger partial charge in [0, 0.05) is 9.75 Å². The molecule has 0 unspecified atom stereocenters. The number of amides is 1. The number of thiophene rings is 2. The predicted octanol–water partition coefficient (Wildman–Crippen LogP) is 2.90. The van der Waals surface area contributed by atoms with Gasteiger partial charge < -0.3 is 9.64 Å². The van der Waals surface area contributed by atoms with Gasteiger partial charge in [-0.25, -0.2) is 4.79 Å². The molecule has 6 heteroatoms. The Balaban J connectivity index is 2.10. The van der Waals surface area contributed by atoms with E-state index in [-0.39, 0.29) is 6.61 Å². The largest absolute Gasteiger partial charge is 0.459 e. The minimum absolute atomic E-state index is 0.205. The molecular formula is C14H15NO3S2. The van der Waals surface area contributed by atoms with Crippen molar-refractivity contribution < 1.29 is 14.3 Å². The molecule has 2 rings (SSSR count). The Morgan fingerprint density at radius 3 is 2.05 bits per heavy atom. The van der Waals surface area contributed by atoms with Crippen LogP contribution in [0.5, 0.6) is 0 Å². The van der Waals surface area contributed by atoms with Crippen molar-refractivity contribution in [3.8, 4) is 0 Å². The van der Waals surface area contributed by atoms with Crippen LogP contribution in [0.15, 0.2) is 35.0 Å². The topological polar surface area (TPSA) is 46.6 Å². The Kier molecular flexibility index (Phi) is 5.31. The number of hydrogen-bond donors (Lipinski definition) is 0. The molecule has 0 aliphatic rings. The minimum atomic E-state index is -0.791. The zero-order valence-corrected chi connectivity index (χ0v) is 12.7. The highest BCUT2D eigenvalue weighted by Gasteiger charge is 2.24. The first-order chi connectivity index (χ1) is 9.70. The third-order valence-corrected chi connectivity index (χ3v) is 4.31. The Hall–Kier alpha value is -1.66. The van der Waals surface area contributed by atoms with E-state index in [1.54, 1.807) is 29.6 Å². The van der Waals surface area contributed by atoms with Crippen molar-refractivity contribution in [2.45, 2.75) is 20.0 Å². The zero-order chi connectivity index (χ0) is 14.4. The van der Waals surface area contributed by atoms with Crippen molar-refractivity contribution >= 4 is 34.6 Å². The van der Waals surface area contributed by atoms with Crippen LogP contribution in [-0.4, -0.2) is 23.4 Å². The Morgan fingerprint density at radius 1 is 1.10 bits per heavy atom. The van der Waals surface area contributed by atoms with Gasteiger partial charge in [0.25, 0.3) is 0 Å². The summed E-state index contributed by atoms with van der Waals surface area (Å²) < 4.78 is 4.80. The molecule has 20 heavy (non-hydrogen) atoms. The minimum Gasteiger partial charge on any atom is -0.459 e. The molecule has 0 radical (unpaired) electrons. The van der Waals surface area contributed by atoms with Crippen LogP contribution in [0.1, 0.15) is 16.7 Å². The third-order valence-electron chi connectivity index (χ3n) is 2.59. The number of esters is 1. The van der Waals surface area contributed by atoms with E-state index in [1.165, 1.54) is 4.90 Å². The highest BCUT2D eigenvalue weighted by Crippen LogP contribution is 2.17. The fourth-order valence-electron chi connectivity index (χ4n) is 1.70. The molecule has 0 saturated heterocycles. The van der Waals surface area contributed by atoms with Crippen molar-refractivity contribution in [2.75, 3.05) is 6.61 Å². The Labute approximate surface area is 125 Å². The van der Waals surface area contributed by atoms with Crippen molar-refractivity contribution in [1.29, 1.82) is 0 Å². The lowest BCUT2D eigenvalue weighted by Crippen LogP contribution is -2.36.